The second-order valence-corrected chi connectivity index (χ2v) is 8.07. The molecule has 0 atom stereocenters. The molecular weight excluding hydrogens is 352 g/mol. The van der Waals surface area contributed by atoms with Crippen LogP contribution in [0.5, 0.6) is 0 Å². The predicted molar refractivity (Wildman–Crippen MR) is 95.6 cm³/mol. The average Bonchev–Trinajstić information content (AvgIpc) is 3.20. The van der Waals surface area contributed by atoms with E-state index in [-0.39, 0.29) is 4.90 Å². The average molecular weight is 370 g/mol. The van der Waals surface area contributed by atoms with E-state index in [1.165, 1.54) is 0 Å². The first kappa shape index (κ1) is 16.9. The standard InChI is InChI=1S/C18H18N4O3S/c23-26(24,22-12-4-1-5-13-22)15-9-7-14(8-10-15)17-20-18(25-21-17)16-6-2-3-11-19-16/h2-3,6-11H,1,4-5,12-13H2. The molecule has 1 aliphatic rings. The number of rotatable bonds is 4. The van der Waals surface area contributed by atoms with Gasteiger partial charge < -0.3 is 4.52 Å². The highest BCUT2D eigenvalue weighted by Crippen LogP contribution is 2.24. The molecule has 2 aromatic heterocycles. The van der Waals surface area contributed by atoms with Gasteiger partial charge in [-0.1, -0.05) is 17.6 Å². The Balaban J connectivity index is 1.57. The van der Waals surface area contributed by atoms with Crippen LogP contribution in [-0.4, -0.2) is 40.9 Å². The molecule has 26 heavy (non-hydrogen) atoms. The molecule has 0 bridgehead atoms. The third-order valence-corrected chi connectivity index (χ3v) is 6.29. The van der Waals surface area contributed by atoms with Crippen molar-refractivity contribution in [2.24, 2.45) is 0 Å². The van der Waals surface area contributed by atoms with E-state index in [1.807, 2.05) is 12.1 Å². The number of benzene rings is 1. The first-order valence-electron chi connectivity index (χ1n) is 8.50. The van der Waals surface area contributed by atoms with Crippen molar-refractivity contribution in [3.8, 4) is 23.0 Å². The third-order valence-electron chi connectivity index (χ3n) is 4.38. The van der Waals surface area contributed by atoms with Crippen LogP contribution in [0.25, 0.3) is 23.0 Å². The second-order valence-electron chi connectivity index (χ2n) is 6.13. The fourth-order valence-corrected chi connectivity index (χ4v) is 4.48. The molecular formula is C18H18N4O3S. The predicted octanol–water partition coefficient (Wildman–Crippen LogP) is 2.97. The Morgan fingerprint density at radius 2 is 1.73 bits per heavy atom. The monoisotopic (exact) mass is 370 g/mol. The Hall–Kier alpha value is -2.58. The van der Waals surface area contributed by atoms with Crippen LogP contribution in [0, 0.1) is 0 Å². The van der Waals surface area contributed by atoms with Gasteiger partial charge in [-0.05, 0) is 49.2 Å². The van der Waals surface area contributed by atoms with Crippen molar-refractivity contribution in [1.82, 2.24) is 19.4 Å². The molecule has 0 unspecified atom stereocenters. The lowest BCUT2D eigenvalue weighted by Gasteiger charge is -2.25. The molecule has 0 aliphatic carbocycles. The van der Waals surface area contributed by atoms with Crippen molar-refractivity contribution in [1.29, 1.82) is 0 Å². The summed E-state index contributed by atoms with van der Waals surface area (Å²) in [5.41, 5.74) is 1.28. The normalized spacial score (nSPS) is 15.8. The number of hydrogen-bond acceptors (Lipinski definition) is 6. The van der Waals surface area contributed by atoms with Crippen molar-refractivity contribution in [3.05, 3.63) is 48.7 Å². The molecule has 0 spiro atoms. The van der Waals surface area contributed by atoms with Gasteiger partial charge in [0.2, 0.25) is 15.8 Å². The van der Waals surface area contributed by atoms with E-state index in [2.05, 4.69) is 15.1 Å². The lowest BCUT2D eigenvalue weighted by atomic mass is 10.2. The molecule has 0 radical (unpaired) electrons. The van der Waals surface area contributed by atoms with Gasteiger partial charge in [0.1, 0.15) is 5.69 Å². The van der Waals surface area contributed by atoms with Gasteiger partial charge in [0.15, 0.2) is 0 Å². The first-order chi connectivity index (χ1) is 12.6. The molecule has 4 rings (SSSR count). The number of sulfonamides is 1. The summed E-state index contributed by atoms with van der Waals surface area (Å²) in [5.74, 6) is 0.721. The summed E-state index contributed by atoms with van der Waals surface area (Å²) < 4.78 is 32.2. The van der Waals surface area contributed by atoms with E-state index in [9.17, 15) is 8.42 Å². The smallest absolute Gasteiger partial charge is 0.276 e. The van der Waals surface area contributed by atoms with Crippen LogP contribution in [0.3, 0.4) is 0 Å². The second kappa shape index (κ2) is 6.97. The van der Waals surface area contributed by atoms with Crippen LogP contribution < -0.4 is 0 Å². The zero-order chi connectivity index (χ0) is 18.0. The Labute approximate surface area is 151 Å². The van der Waals surface area contributed by atoms with Gasteiger partial charge >= 0.3 is 0 Å². The van der Waals surface area contributed by atoms with E-state index >= 15 is 0 Å². The van der Waals surface area contributed by atoms with Gasteiger partial charge in [0.25, 0.3) is 5.89 Å². The Morgan fingerprint density at radius 3 is 2.42 bits per heavy atom. The van der Waals surface area contributed by atoms with E-state index < -0.39 is 10.0 Å². The van der Waals surface area contributed by atoms with Crippen LogP contribution in [-0.2, 0) is 10.0 Å². The van der Waals surface area contributed by atoms with Crippen molar-refractivity contribution >= 4 is 10.0 Å². The Bertz CT molecular complexity index is 979. The highest BCUT2D eigenvalue weighted by atomic mass is 32.2. The molecule has 0 saturated carbocycles. The fourth-order valence-electron chi connectivity index (χ4n) is 2.96. The SMILES string of the molecule is O=S(=O)(c1ccc(-c2noc(-c3ccccn3)n2)cc1)N1CCCCC1. The maximum atomic E-state index is 12.7. The van der Waals surface area contributed by atoms with Crippen molar-refractivity contribution in [3.63, 3.8) is 0 Å². The Kier molecular flexibility index (Phi) is 4.52. The molecule has 8 heteroatoms. The minimum Gasteiger partial charge on any atom is -0.332 e. The molecule has 1 saturated heterocycles. The number of piperidine rings is 1. The Morgan fingerprint density at radius 1 is 0.962 bits per heavy atom. The third kappa shape index (κ3) is 3.25. The summed E-state index contributed by atoms with van der Waals surface area (Å²) in [6, 6.07) is 12.0. The van der Waals surface area contributed by atoms with E-state index in [4.69, 9.17) is 4.52 Å². The van der Waals surface area contributed by atoms with Gasteiger partial charge in [0.05, 0.1) is 4.90 Å². The van der Waals surface area contributed by atoms with E-state index in [0.717, 1.165) is 19.3 Å². The summed E-state index contributed by atoms with van der Waals surface area (Å²) in [6.07, 6.45) is 4.56. The van der Waals surface area contributed by atoms with Gasteiger partial charge in [-0.3, -0.25) is 4.98 Å². The zero-order valence-corrected chi connectivity index (χ0v) is 14.9. The fraction of sp³-hybridized carbons (Fsp3) is 0.278. The maximum absolute atomic E-state index is 12.7. The maximum Gasteiger partial charge on any atom is 0.276 e. The van der Waals surface area contributed by atoms with Crippen LogP contribution in [0.2, 0.25) is 0 Å². The largest absolute Gasteiger partial charge is 0.332 e. The molecule has 0 amide bonds. The lowest BCUT2D eigenvalue weighted by Crippen LogP contribution is -2.35. The summed E-state index contributed by atoms with van der Waals surface area (Å²) >= 11 is 0. The molecule has 1 aliphatic heterocycles. The van der Waals surface area contributed by atoms with E-state index in [0.29, 0.717) is 36.1 Å². The van der Waals surface area contributed by atoms with Crippen LogP contribution in [0.1, 0.15) is 19.3 Å². The molecule has 0 N–H and O–H groups in total. The van der Waals surface area contributed by atoms with Crippen molar-refractivity contribution in [2.45, 2.75) is 24.2 Å². The van der Waals surface area contributed by atoms with Gasteiger partial charge in [-0.15, -0.1) is 0 Å². The molecule has 134 valence electrons. The number of hydrogen-bond donors (Lipinski definition) is 0. The quantitative estimate of drug-likeness (QED) is 0.701. The molecule has 3 aromatic rings. The van der Waals surface area contributed by atoms with Gasteiger partial charge in [-0.2, -0.15) is 9.29 Å². The number of aromatic nitrogens is 3. The zero-order valence-electron chi connectivity index (χ0n) is 14.1. The molecule has 3 heterocycles. The minimum absolute atomic E-state index is 0.289. The highest BCUT2D eigenvalue weighted by Gasteiger charge is 2.25. The number of pyridine rings is 1. The topological polar surface area (TPSA) is 89.2 Å². The minimum atomic E-state index is -3.44. The first-order valence-corrected chi connectivity index (χ1v) is 9.94. The van der Waals surface area contributed by atoms with Crippen LogP contribution >= 0.6 is 0 Å². The van der Waals surface area contributed by atoms with Gasteiger partial charge in [0, 0.05) is 24.8 Å². The molecule has 1 aromatic carbocycles. The van der Waals surface area contributed by atoms with E-state index in [1.54, 1.807) is 40.8 Å². The summed E-state index contributed by atoms with van der Waals surface area (Å²) in [5, 5.41) is 3.96. The summed E-state index contributed by atoms with van der Waals surface area (Å²) in [7, 11) is -3.44. The highest BCUT2D eigenvalue weighted by molar-refractivity contribution is 7.89. The van der Waals surface area contributed by atoms with Crippen molar-refractivity contribution < 1.29 is 12.9 Å². The molecule has 7 nitrogen and oxygen atoms in total. The summed E-state index contributed by atoms with van der Waals surface area (Å²) in [6.45, 7) is 1.17. The summed E-state index contributed by atoms with van der Waals surface area (Å²) in [4.78, 5) is 8.79. The van der Waals surface area contributed by atoms with Crippen molar-refractivity contribution in [2.75, 3.05) is 13.1 Å². The van der Waals surface area contributed by atoms with Gasteiger partial charge in [-0.25, -0.2) is 8.42 Å². The number of nitrogens with zero attached hydrogens (tertiary/aromatic N) is 4. The van der Waals surface area contributed by atoms with Crippen LogP contribution in [0.4, 0.5) is 0 Å². The van der Waals surface area contributed by atoms with Crippen LogP contribution in [0.15, 0.2) is 58.1 Å². The molecule has 1 fully saturated rings. The lowest BCUT2D eigenvalue weighted by molar-refractivity contribution is 0.346.